The largest absolute Gasteiger partial charge is 0.370 e. The van der Waals surface area contributed by atoms with Crippen molar-refractivity contribution in [2.75, 3.05) is 6.54 Å². The molecule has 0 radical (unpaired) electrons. The minimum Gasteiger partial charge on any atom is -0.370 e. The van der Waals surface area contributed by atoms with Gasteiger partial charge in [0, 0.05) is 6.54 Å². The normalized spacial score (nSPS) is 13.0. The van der Waals surface area contributed by atoms with Gasteiger partial charge in [-0.1, -0.05) is 13.8 Å². The Morgan fingerprint density at radius 1 is 1.35 bits per heavy atom. The van der Waals surface area contributed by atoms with Gasteiger partial charge in [0.1, 0.15) is 6.29 Å². The Kier molecular flexibility index (Phi) is 12.0. The highest BCUT2D eigenvalue weighted by Gasteiger charge is 2.18. The number of halogens is 1. The number of hydrogen-bond acceptors (Lipinski definition) is 4. The van der Waals surface area contributed by atoms with Crippen molar-refractivity contribution in [2.45, 2.75) is 45.2 Å². The van der Waals surface area contributed by atoms with Crippen molar-refractivity contribution in [2.24, 2.45) is 28.1 Å². The molecule has 0 aromatic carbocycles. The third kappa shape index (κ3) is 10.6. The van der Waals surface area contributed by atoms with Crippen molar-refractivity contribution >= 4 is 30.6 Å². The quantitative estimate of drug-likeness (QED) is 0.197. The molecule has 0 aromatic heterocycles. The van der Waals surface area contributed by atoms with Crippen molar-refractivity contribution in [3.05, 3.63) is 0 Å². The molecule has 2 atom stereocenters. The minimum atomic E-state index is -0.583. The van der Waals surface area contributed by atoms with Gasteiger partial charge in [-0.2, -0.15) is 0 Å². The van der Waals surface area contributed by atoms with Gasteiger partial charge in [-0.15, -0.1) is 12.4 Å². The first-order chi connectivity index (χ1) is 8.86. The predicted molar refractivity (Wildman–Crippen MR) is 82.6 cm³/mol. The number of aliphatic imine (C=N–C) groups is 1. The van der Waals surface area contributed by atoms with Gasteiger partial charge in [0.15, 0.2) is 5.96 Å². The van der Waals surface area contributed by atoms with E-state index in [1.54, 1.807) is 0 Å². The molecule has 0 spiro atoms. The Morgan fingerprint density at radius 2 is 1.95 bits per heavy atom. The summed E-state index contributed by atoms with van der Waals surface area (Å²) >= 11 is 0. The van der Waals surface area contributed by atoms with E-state index in [1.165, 1.54) is 0 Å². The molecule has 0 saturated heterocycles. The maximum atomic E-state index is 11.7. The molecule has 0 saturated carbocycles. The van der Waals surface area contributed by atoms with Gasteiger partial charge in [-0.05, 0) is 25.2 Å². The van der Waals surface area contributed by atoms with Crippen LogP contribution in [0.1, 0.15) is 33.1 Å². The summed E-state index contributed by atoms with van der Waals surface area (Å²) in [6.45, 7) is 4.40. The van der Waals surface area contributed by atoms with Gasteiger partial charge in [0.2, 0.25) is 5.91 Å². The third-order valence-electron chi connectivity index (χ3n) is 2.52. The number of carbonyl (C=O) groups excluding carboxylic acids is 2. The van der Waals surface area contributed by atoms with Crippen molar-refractivity contribution < 1.29 is 9.59 Å². The fourth-order valence-electron chi connectivity index (χ4n) is 1.60. The number of nitrogens with one attached hydrogen (secondary N) is 1. The molecule has 20 heavy (non-hydrogen) atoms. The number of guanidine groups is 1. The van der Waals surface area contributed by atoms with Crippen LogP contribution < -0.4 is 22.5 Å². The van der Waals surface area contributed by atoms with E-state index in [0.717, 1.165) is 0 Å². The first-order valence-corrected chi connectivity index (χ1v) is 6.43. The molecule has 0 aliphatic rings. The Labute approximate surface area is 126 Å². The van der Waals surface area contributed by atoms with Gasteiger partial charge >= 0.3 is 0 Å². The van der Waals surface area contributed by atoms with Crippen LogP contribution in [0.15, 0.2) is 4.99 Å². The van der Waals surface area contributed by atoms with Crippen LogP contribution >= 0.6 is 12.4 Å². The topological polar surface area (TPSA) is 137 Å². The molecule has 0 aliphatic carbocycles. The molecule has 7 nitrogen and oxygen atoms in total. The predicted octanol–water partition coefficient (Wildman–Crippen LogP) is -0.481. The van der Waals surface area contributed by atoms with Crippen LogP contribution in [0, 0.1) is 5.92 Å². The number of nitrogens with zero attached hydrogens (tertiary/aromatic N) is 1. The van der Waals surface area contributed by atoms with Gasteiger partial charge in [-0.3, -0.25) is 9.79 Å². The van der Waals surface area contributed by atoms with E-state index < -0.39 is 12.1 Å². The maximum absolute atomic E-state index is 11.7. The molecule has 0 unspecified atom stereocenters. The van der Waals surface area contributed by atoms with E-state index >= 15 is 0 Å². The van der Waals surface area contributed by atoms with Crippen LogP contribution in [0.5, 0.6) is 0 Å². The zero-order chi connectivity index (χ0) is 14.8. The highest BCUT2D eigenvalue weighted by molar-refractivity contribution is 5.85. The zero-order valence-electron chi connectivity index (χ0n) is 12.0. The van der Waals surface area contributed by atoms with Crippen molar-refractivity contribution in [3.63, 3.8) is 0 Å². The Hall–Kier alpha value is -1.34. The second kappa shape index (κ2) is 11.5. The molecular formula is C12H26ClN5O2. The van der Waals surface area contributed by atoms with Gasteiger partial charge in [0.05, 0.1) is 12.1 Å². The number of carbonyl (C=O) groups is 2. The Morgan fingerprint density at radius 3 is 2.40 bits per heavy atom. The fraction of sp³-hybridized carbons (Fsp3) is 0.750. The number of aldehydes is 1. The van der Waals surface area contributed by atoms with Crippen molar-refractivity contribution in [1.29, 1.82) is 0 Å². The van der Waals surface area contributed by atoms with E-state index in [0.29, 0.717) is 38.0 Å². The second-order valence-electron chi connectivity index (χ2n) is 4.94. The minimum absolute atomic E-state index is 0. The summed E-state index contributed by atoms with van der Waals surface area (Å²) in [5.41, 5.74) is 16.1. The van der Waals surface area contributed by atoms with Crippen LogP contribution in [-0.2, 0) is 9.59 Å². The molecule has 0 bridgehead atoms. The lowest BCUT2D eigenvalue weighted by molar-refractivity contribution is -0.125. The molecule has 0 aromatic rings. The van der Waals surface area contributed by atoms with Crippen LogP contribution in [0.4, 0.5) is 0 Å². The summed E-state index contributed by atoms with van der Waals surface area (Å²) < 4.78 is 0. The summed E-state index contributed by atoms with van der Waals surface area (Å²) in [5, 5.41) is 2.62. The number of nitrogens with two attached hydrogens (primary N) is 3. The Bertz CT molecular complexity index is 319. The van der Waals surface area contributed by atoms with Crippen LogP contribution in [-0.4, -0.2) is 36.8 Å². The first kappa shape index (κ1) is 21.0. The lowest BCUT2D eigenvalue weighted by atomic mass is 10.0. The molecule has 0 aliphatic heterocycles. The summed E-state index contributed by atoms with van der Waals surface area (Å²) in [7, 11) is 0. The molecule has 1 amide bonds. The van der Waals surface area contributed by atoms with E-state index in [-0.39, 0.29) is 24.3 Å². The molecule has 0 fully saturated rings. The monoisotopic (exact) mass is 307 g/mol. The van der Waals surface area contributed by atoms with E-state index in [2.05, 4.69) is 10.3 Å². The number of rotatable bonds is 9. The van der Waals surface area contributed by atoms with Crippen LogP contribution in [0.2, 0.25) is 0 Å². The van der Waals surface area contributed by atoms with Gasteiger partial charge in [-0.25, -0.2) is 0 Å². The third-order valence-corrected chi connectivity index (χ3v) is 2.52. The summed E-state index contributed by atoms with van der Waals surface area (Å²) in [6, 6.07) is -1.12. The Balaban J connectivity index is 0. The lowest BCUT2D eigenvalue weighted by Crippen LogP contribution is -2.46. The number of hydrogen-bond donors (Lipinski definition) is 4. The van der Waals surface area contributed by atoms with Crippen LogP contribution in [0.3, 0.4) is 0 Å². The van der Waals surface area contributed by atoms with E-state index in [9.17, 15) is 9.59 Å². The van der Waals surface area contributed by atoms with Gasteiger partial charge in [0.25, 0.3) is 0 Å². The number of amides is 1. The molecule has 7 N–H and O–H groups in total. The SMILES string of the molecule is CC(C)C[C@H](N)C(=O)N[C@H](C=O)CCCN=C(N)N.Cl. The first-order valence-electron chi connectivity index (χ1n) is 6.43. The standard InChI is InChI=1S/C12H25N5O2.ClH/c1-8(2)6-10(13)11(19)17-9(7-18)4-3-5-16-12(14)15;/h7-10H,3-6,13H2,1-2H3,(H,17,19)(H4,14,15,16);1H/t9-,10-;/m0./s1. The highest BCUT2D eigenvalue weighted by Crippen LogP contribution is 2.03. The second-order valence-corrected chi connectivity index (χ2v) is 4.94. The average Bonchev–Trinajstić information content (AvgIpc) is 2.31. The molecule has 118 valence electrons. The molecule has 8 heteroatoms. The molecule has 0 heterocycles. The molecular weight excluding hydrogens is 282 g/mol. The van der Waals surface area contributed by atoms with Crippen LogP contribution in [0.25, 0.3) is 0 Å². The smallest absolute Gasteiger partial charge is 0.237 e. The molecule has 0 rings (SSSR count). The maximum Gasteiger partial charge on any atom is 0.237 e. The van der Waals surface area contributed by atoms with Gasteiger partial charge < -0.3 is 27.3 Å². The van der Waals surface area contributed by atoms with Crippen molar-refractivity contribution in [3.8, 4) is 0 Å². The summed E-state index contributed by atoms with van der Waals surface area (Å²) in [5.74, 6) is 0.0515. The summed E-state index contributed by atoms with van der Waals surface area (Å²) in [4.78, 5) is 26.4. The van der Waals surface area contributed by atoms with E-state index in [4.69, 9.17) is 17.2 Å². The zero-order valence-corrected chi connectivity index (χ0v) is 12.9. The fourth-order valence-corrected chi connectivity index (χ4v) is 1.60. The van der Waals surface area contributed by atoms with E-state index in [1.807, 2.05) is 13.8 Å². The summed E-state index contributed by atoms with van der Waals surface area (Å²) in [6.07, 6.45) is 2.39. The highest BCUT2D eigenvalue weighted by atomic mass is 35.5. The van der Waals surface area contributed by atoms with Crippen molar-refractivity contribution in [1.82, 2.24) is 5.32 Å². The average molecular weight is 308 g/mol. The lowest BCUT2D eigenvalue weighted by Gasteiger charge is -2.17.